The first-order valence-corrected chi connectivity index (χ1v) is 10.5. The predicted molar refractivity (Wildman–Crippen MR) is 113 cm³/mol. The van der Waals surface area contributed by atoms with E-state index >= 15 is 0 Å². The number of carbonyl (C=O) groups excluding carboxylic acids is 1. The van der Waals surface area contributed by atoms with Crippen LogP contribution in [0.5, 0.6) is 0 Å². The van der Waals surface area contributed by atoms with E-state index in [2.05, 4.69) is 10.6 Å². The molecular weight excluding hydrogens is 368 g/mol. The number of nitro benzene ring substituents is 1. The summed E-state index contributed by atoms with van der Waals surface area (Å²) in [6.45, 7) is 0. The maximum Gasteiger partial charge on any atom is 0.292 e. The largest absolute Gasteiger partial charge is 0.355 e. The van der Waals surface area contributed by atoms with Gasteiger partial charge in [-0.3, -0.25) is 14.9 Å². The summed E-state index contributed by atoms with van der Waals surface area (Å²) in [4.78, 5) is 23.2. The van der Waals surface area contributed by atoms with Crippen molar-refractivity contribution >= 4 is 17.3 Å². The summed E-state index contributed by atoms with van der Waals surface area (Å²) in [5, 5.41) is 26.2. The van der Waals surface area contributed by atoms with Gasteiger partial charge < -0.3 is 10.6 Å². The SMILES string of the molecule is N#C/C(=C/Nc1ccccc1[N+](=O)[O-])C(=O)NC1CCCCCCCCCCC1. The van der Waals surface area contributed by atoms with Gasteiger partial charge in [0.05, 0.1) is 4.92 Å². The first-order chi connectivity index (χ1) is 14.1. The summed E-state index contributed by atoms with van der Waals surface area (Å²) in [6, 6.07) is 8.08. The first kappa shape index (κ1) is 22.4. The number of nitro groups is 1. The van der Waals surface area contributed by atoms with Crippen LogP contribution in [0.2, 0.25) is 0 Å². The van der Waals surface area contributed by atoms with Gasteiger partial charge in [0.1, 0.15) is 17.3 Å². The Morgan fingerprint density at radius 2 is 1.59 bits per heavy atom. The minimum absolute atomic E-state index is 0.0599. The average Bonchev–Trinajstić information content (AvgIpc) is 2.70. The zero-order valence-corrected chi connectivity index (χ0v) is 16.9. The van der Waals surface area contributed by atoms with Gasteiger partial charge in [-0.05, 0) is 18.9 Å². The van der Waals surface area contributed by atoms with Crippen molar-refractivity contribution in [3.05, 3.63) is 46.2 Å². The minimum atomic E-state index is -0.507. The second kappa shape index (κ2) is 12.6. The molecule has 0 atom stereocenters. The van der Waals surface area contributed by atoms with E-state index in [-0.39, 0.29) is 23.0 Å². The van der Waals surface area contributed by atoms with Gasteiger partial charge in [-0.2, -0.15) is 5.26 Å². The average molecular weight is 399 g/mol. The van der Waals surface area contributed by atoms with Crippen molar-refractivity contribution < 1.29 is 9.72 Å². The first-order valence-electron chi connectivity index (χ1n) is 10.5. The van der Waals surface area contributed by atoms with Crippen LogP contribution in [0.1, 0.15) is 70.6 Å². The second-order valence-electron chi connectivity index (χ2n) is 7.52. The Hall–Kier alpha value is -2.88. The fourth-order valence-corrected chi connectivity index (χ4v) is 3.62. The second-order valence-corrected chi connectivity index (χ2v) is 7.52. The lowest BCUT2D eigenvalue weighted by atomic mass is 9.98. The van der Waals surface area contributed by atoms with Gasteiger partial charge in [-0.25, -0.2) is 0 Å². The monoisotopic (exact) mass is 398 g/mol. The fourth-order valence-electron chi connectivity index (χ4n) is 3.62. The van der Waals surface area contributed by atoms with Crippen LogP contribution in [0.15, 0.2) is 36.0 Å². The van der Waals surface area contributed by atoms with Crippen molar-refractivity contribution in [2.75, 3.05) is 5.32 Å². The number of rotatable bonds is 5. The normalized spacial score (nSPS) is 17.3. The smallest absolute Gasteiger partial charge is 0.292 e. The van der Waals surface area contributed by atoms with Crippen LogP contribution in [-0.4, -0.2) is 16.9 Å². The lowest BCUT2D eigenvalue weighted by molar-refractivity contribution is -0.383. The highest BCUT2D eigenvalue weighted by atomic mass is 16.6. The summed E-state index contributed by atoms with van der Waals surface area (Å²) in [5.74, 6) is -0.435. The Morgan fingerprint density at radius 1 is 1.03 bits per heavy atom. The molecule has 7 nitrogen and oxygen atoms in total. The van der Waals surface area contributed by atoms with E-state index in [0.717, 1.165) is 25.7 Å². The number of hydrogen-bond acceptors (Lipinski definition) is 5. The number of para-hydroxylation sites is 2. The van der Waals surface area contributed by atoms with Crippen LogP contribution in [0, 0.1) is 21.4 Å². The van der Waals surface area contributed by atoms with Gasteiger partial charge in [-0.15, -0.1) is 0 Å². The number of nitrogens with zero attached hydrogens (tertiary/aromatic N) is 2. The fraction of sp³-hybridized carbons (Fsp3) is 0.545. The van der Waals surface area contributed by atoms with Crippen LogP contribution in [0.4, 0.5) is 11.4 Å². The van der Waals surface area contributed by atoms with Crippen LogP contribution < -0.4 is 10.6 Å². The molecule has 2 N–H and O–H groups in total. The predicted octanol–water partition coefficient (Wildman–Crippen LogP) is 5.20. The third kappa shape index (κ3) is 7.94. The molecule has 1 fully saturated rings. The number of anilines is 1. The molecule has 0 aromatic heterocycles. The molecule has 0 spiro atoms. The summed E-state index contributed by atoms with van der Waals surface area (Å²) in [7, 11) is 0. The number of hydrogen-bond donors (Lipinski definition) is 2. The van der Waals surface area contributed by atoms with Crippen molar-refractivity contribution in [1.29, 1.82) is 5.26 Å². The van der Waals surface area contributed by atoms with Crippen LogP contribution >= 0.6 is 0 Å². The van der Waals surface area contributed by atoms with Gasteiger partial charge in [-0.1, -0.05) is 69.9 Å². The molecule has 0 heterocycles. The zero-order chi connectivity index (χ0) is 20.9. The van der Waals surface area contributed by atoms with Crippen molar-refractivity contribution in [1.82, 2.24) is 5.32 Å². The van der Waals surface area contributed by atoms with E-state index in [1.54, 1.807) is 12.1 Å². The maximum absolute atomic E-state index is 12.6. The van der Waals surface area contributed by atoms with E-state index in [0.29, 0.717) is 0 Å². The Morgan fingerprint density at radius 3 is 2.14 bits per heavy atom. The van der Waals surface area contributed by atoms with Gasteiger partial charge >= 0.3 is 0 Å². The zero-order valence-electron chi connectivity index (χ0n) is 16.9. The van der Waals surface area contributed by atoms with Crippen LogP contribution in [0.3, 0.4) is 0 Å². The highest BCUT2D eigenvalue weighted by Gasteiger charge is 2.17. The van der Waals surface area contributed by atoms with Gasteiger partial charge in [0.2, 0.25) is 0 Å². The number of nitrogens with one attached hydrogen (secondary N) is 2. The van der Waals surface area contributed by atoms with E-state index in [1.807, 2.05) is 6.07 Å². The Balaban J connectivity index is 1.98. The minimum Gasteiger partial charge on any atom is -0.355 e. The topological polar surface area (TPSA) is 108 Å². The summed E-state index contributed by atoms with van der Waals surface area (Å²) < 4.78 is 0. The molecule has 29 heavy (non-hydrogen) atoms. The molecule has 1 aliphatic rings. The molecule has 2 rings (SSSR count). The number of carbonyl (C=O) groups is 1. The number of nitriles is 1. The molecule has 0 radical (unpaired) electrons. The number of amides is 1. The molecule has 156 valence electrons. The quantitative estimate of drug-likeness (QED) is 0.306. The Labute approximate surface area is 172 Å². The molecule has 1 saturated carbocycles. The molecular formula is C22H30N4O3. The van der Waals surface area contributed by atoms with Crippen molar-refractivity contribution in [2.45, 2.75) is 76.7 Å². The molecule has 1 amide bonds. The highest BCUT2D eigenvalue weighted by Crippen LogP contribution is 2.23. The van der Waals surface area contributed by atoms with Crippen molar-refractivity contribution in [3.8, 4) is 6.07 Å². The molecule has 0 saturated heterocycles. The summed E-state index contributed by atoms with van der Waals surface area (Å²) in [6.07, 6.45) is 14.0. The van der Waals surface area contributed by atoms with E-state index in [4.69, 9.17) is 0 Å². The van der Waals surface area contributed by atoms with Crippen molar-refractivity contribution in [2.24, 2.45) is 0 Å². The van der Waals surface area contributed by atoms with Crippen LogP contribution in [-0.2, 0) is 4.79 Å². The van der Waals surface area contributed by atoms with Gasteiger partial charge in [0.15, 0.2) is 0 Å². The Bertz CT molecular complexity index is 743. The third-order valence-electron chi connectivity index (χ3n) is 5.28. The lowest BCUT2D eigenvalue weighted by Crippen LogP contribution is -2.35. The molecule has 0 unspecified atom stereocenters. The van der Waals surface area contributed by atoms with Crippen LogP contribution in [0.25, 0.3) is 0 Å². The molecule has 7 heteroatoms. The van der Waals surface area contributed by atoms with Crippen molar-refractivity contribution in [3.63, 3.8) is 0 Å². The number of benzene rings is 1. The molecule has 1 aromatic carbocycles. The highest BCUT2D eigenvalue weighted by molar-refractivity contribution is 5.97. The van der Waals surface area contributed by atoms with Gasteiger partial charge in [0, 0.05) is 18.3 Å². The molecule has 0 bridgehead atoms. The summed E-state index contributed by atoms with van der Waals surface area (Å²) >= 11 is 0. The Kier molecular flexibility index (Phi) is 9.70. The maximum atomic E-state index is 12.6. The third-order valence-corrected chi connectivity index (χ3v) is 5.28. The van der Waals surface area contributed by atoms with E-state index in [9.17, 15) is 20.2 Å². The van der Waals surface area contributed by atoms with Gasteiger partial charge in [0.25, 0.3) is 11.6 Å². The standard InChI is InChI=1S/C22H30N4O3/c23-16-18(17-24-20-14-10-11-15-21(20)26(28)29)22(27)25-19-12-8-6-4-2-1-3-5-7-9-13-19/h10-11,14-15,17,19,24H,1-9,12-13H2,(H,25,27)/b18-17-. The lowest BCUT2D eigenvalue weighted by Gasteiger charge is -2.19. The molecule has 0 aliphatic heterocycles. The van der Waals surface area contributed by atoms with E-state index in [1.165, 1.54) is 63.3 Å². The van der Waals surface area contributed by atoms with E-state index < -0.39 is 10.8 Å². The summed E-state index contributed by atoms with van der Waals surface area (Å²) in [5.41, 5.74) is 0.0408. The molecule has 1 aliphatic carbocycles. The molecule has 1 aromatic rings.